The van der Waals surface area contributed by atoms with Gasteiger partial charge in [-0.15, -0.1) is 24.0 Å². The summed E-state index contributed by atoms with van der Waals surface area (Å²) < 4.78 is 5.47. The molecule has 154 valence electrons. The maximum Gasteiger partial charge on any atom is 0.191 e. The Kier molecular flexibility index (Phi) is 9.18. The monoisotopic (exact) mass is 504 g/mol. The lowest BCUT2D eigenvalue weighted by Gasteiger charge is -2.13. The minimum absolute atomic E-state index is 0. The molecule has 0 aliphatic rings. The maximum absolute atomic E-state index is 5.47. The Morgan fingerprint density at radius 2 is 1.93 bits per heavy atom. The van der Waals surface area contributed by atoms with Crippen LogP contribution in [0, 0.1) is 6.92 Å². The first-order valence-corrected chi connectivity index (χ1v) is 9.69. The molecule has 2 N–H and O–H groups in total. The van der Waals surface area contributed by atoms with Crippen molar-refractivity contribution < 1.29 is 4.74 Å². The first-order valence-electron chi connectivity index (χ1n) is 9.69. The van der Waals surface area contributed by atoms with Crippen LogP contribution >= 0.6 is 24.0 Å². The quantitative estimate of drug-likeness (QED) is 0.283. The van der Waals surface area contributed by atoms with Gasteiger partial charge in [0.05, 0.1) is 19.3 Å². The second-order valence-electron chi connectivity index (χ2n) is 6.67. The number of methoxy groups -OCH3 is 1. The summed E-state index contributed by atoms with van der Waals surface area (Å²) in [4.78, 5) is 9.25. The smallest absolute Gasteiger partial charge is 0.191 e. The van der Waals surface area contributed by atoms with E-state index in [0.29, 0.717) is 6.54 Å². The summed E-state index contributed by atoms with van der Waals surface area (Å²) in [6.07, 6.45) is 2.71. The number of aryl methyl sites for hydroxylation is 1. The molecule has 0 saturated carbocycles. The van der Waals surface area contributed by atoms with Gasteiger partial charge >= 0.3 is 0 Å². The van der Waals surface area contributed by atoms with E-state index in [9.17, 15) is 0 Å². The molecule has 3 rings (SSSR count). The molecule has 29 heavy (non-hydrogen) atoms. The molecular weight excluding hydrogens is 475 g/mol. The first-order chi connectivity index (χ1) is 13.7. The van der Waals surface area contributed by atoms with Gasteiger partial charge in [0.2, 0.25) is 0 Å². The first kappa shape index (κ1) is 22.9. The molecule has 0 spiro atoms. The van der Waals surface area contributed by atoms with Crippen LogP contribution < -0.4 is 15.4 Å². The molecule has 0 unspecified atom stereocenters. The zero-order valence-electron chi connectivity index (χ0n) is 17.2. The second-order valence-corrected chi connectivity index (χ2v) is 6.67. The van der Waals surface area contributed by atoms with Crippen molar-refractivity contribution >= 4 is 40.7 Å². The molecule has 0 fully saturated rings. The third-order valence-corrected chi connectivity index (χ3v) is 4.61. The van der Waals surface area contributed by atoms with Gasteiger partial charge in [0.15, 0.2) is 5.96 Å². The largest absolute Gasteiger partial charge is 0.496 e. The number of hydrogen-bond donors (Lipinski definition) is 2. The summed E-state index contributed by atoms with van der Waals surface area (Å²) in [6, 6.07) is 16.6. The fourth-order valence-corrected chi connectivity index (χ4v) is 3.22. The number of aromatic nitrogens is 1. The summed E-state index contributed by atoms with van der Waals surface area (Å²) >= 11 is 0. The van der Waals surface area contributed by atoms with Crippen LogP contribution in [0.4, 0.5) is 0 Å². The fourth-order valence-electron chi connectivity index (χ4n) is 3.22. The highest BCUT2D eigenvalue weighted by Crippen LogP contribution is 2.20. The van der Waals surface area contributed by atoms with Gasteiger partial charge in [-0.3, -0.25) is 4.98 Å². The SMILES string of the molecule is CCNC(=NCc1nccc2ccccc12)NCCc1cc(C)ccc1OC.I. The molecule has 0 atom stereocenters. The van der Waals surface area contributed by atoms with Crippen molar-refractivity contribution in [2.75, 3.05) is 20.2 Å². The number of pyridine rings is 1. The number of aliphatic imine (C=N–C) groups is 1. The van der Waals surface area contributed by atoms with Crippen molar-refractivity contribution in [2.45, 2.75) is 26.8 Å². The number of halogens is 1. The highest BCUT2D eigenvalue weighted by molar-refractivity contribution is 14.0. The van der Waals surface area contributed by atoms with E-state index in [1.807, 2.05) is 30.5 Å². The van der Waals surface area contributed by atoms with E-state index >= 15 is 0 Å². The van der Waals surface area contributed by atoms with Crippen molar-refractivity contribution in [1.29, 1.82) is 0 Å². The van der Waals surface area contributed by atoms with Crippen LogP contribution in [0.15, 0.2) is 59.7 Å². The standard InChI is InChI=1S/C23H28N4O.HI/c1-4-24-23(26-14-12-19-15-17(2)9-10-22(19)28-3)27-16-21-20-8-6-5-7-18(20)11-13-25-21;/h5-11,13,15H,4,12,14,16H2,1-3H3,(H2,24,26,27);1H. The Balaban J connectivity index is 0.00000300. The van der Waals surface area contributed by atoms with Crippen LogP contribution in [0.3, 0.4) is 0 Å². The fraction of sp³-hybridized carbons (Fsp3) is 0.304. The summed E-state index contributed by atoms with van der Waals surface area (Å²) in [5.41, 5.74) is 3.41. The van der Waals surface area contributed by atoms with E-state index in [0.717, 1.165) is 42.3 Å². The van der Waals surface area contributed by atoms with Crippen LogP contribution in [0.5, 0.6) is 5.75 Å². The van der Waals surface area contributed by atoms with Crippen molar-refractivity contribution in [1.82, 2.24) is 15.6 Å². The summed E-state index contributed by atoms with van der Waals surface area (Å²) in [5.74, 6) is 1.72. The van der Waals surface area contributed by atoms with Gasteiger partial charge in [-0.05, 0) is 43.4 Å². The van der Waals surface area contributed by atoms with Crippen LogP contribution in [-0.2, 0) is 13.0 Å². The Morgan fingerprint density at radius 3 is 2.72 bits per heavy atom. The molecule has 0 radical (unpaired) electrons. The highest BCUT2D eigenvalue weighted by Gasteiger charge is 2.05. The second kappa shape index (κ2) is 11.6. The number of rotatable bonds is 7. The van der Waals surface area contributed by atoms with E-state index in [-0.39, 0.29) is 24.0 Å². The molecule has 3 aromatic rings. The zero-order valence-corrected chi connectivity index (χ0v) is 19.6. The van der Waals surface area contributed by atoms with Gasteiger partial charge in [-0.2, -0.15) is 0 Å². The van der Waals surface area contributed by atoms with E-state index < -0.39 is 0 Å². The maximum atomic E-state index is 5.47. The van der Waals surface area contributed by atoms with Crippen LogP contribution in [-0.4, -0.2) is 31.1 Å². The summed E-state index contributed by atoms with van der Waals surface area (Å²) in [6.45, 7) is 6.28. The minimum atomic E-state index is 0. The molecule has 0 saturated heterocycles. The lowest BCUT2D eigenvalue weighted by molar-refractivity contribution is 0.409. The zero-order chi connectivity index (χ0) is 19.8. The van der Waals surface area contributed by atoms with Crippen molar-refractivity contribution in [3.63, 3.8) is 0 Å². The van der Waals surface area contributed by atoms with E-state index in [1.165, 1.54) is 16.5 Å². The number of fused-ring (bicyclic) bond motifs is 1. The Hall–Kier alpha value is -2.35. The minimum Gasteiger partial charge on any atom is -0.496 e. The number of ether oxygens (including phenoxy) is 1. The number of guanidine groups is 1. The van der Waals surface area contributed by atoms with Gasteiger partial charge in [-0.25, -0.2) is 4.99 Å². The van der Waals surface area contributed by atoms with Crippen LogP contribution in [0.2, 0.25) is 0 Å². The van der Waals surface area contributed by atoms with Gasteiger partial charge in [-0.1, -0.05) is 42.0 Å². The number of hydrogen-bond acceptors (Lipinski definition) is 3. The Labute approximate surface area is 190 Å². The molecule has 0 aliphatic carbocycles. The molecule has 2 aromatic carbocycles. The van der Waals surface area contributed by atoms with Gasteiger partial charge in [0, 0.05) is 24.7 Å². The summed E-state index contributed by atoms with van der Waals surface area (Å²) in [7, 11) is 1.71. The van der Waals surface area contributed by atoms with Crippen molar-refractivity contribution in [3.8, 4) is 5.75 Å². The van der Waals surface area contributed by atoms with Crippen molar-refractivity contribution in [3.05, 3.63) is 71.5 Å². The number of nitrogens with zero attached hydrogens (tertiary/aromatic N) is 2. The molecule has 1 heterocycles. The van der Waals surface area contributed by atoms with Crippen LogP contribution in [0.1, 0.15) is 23.7 Å². The van der Waals surface area contributed by atoms with Crippen molar-refractivity contribution in [2.24, 2.45) is 4.99 Å². The Morgan fingerprint density at radius 1 is 1.10 bits per heavy atom. The topological polar surface area (TPSA) is 58.5 Å². The molecule has 0 aliphatic heterocycles. The third-order valence-electron chi connectivity index (χ3n) is 4.61. The normalized spacial score (nSPS) is 11.1. The molecule has 6 heteroatoms. The third kappa shape index (κ3) is 6.32. The van der Waals surface area contributed by atoms with E-state index in [4.69, 9.17) is 9.73 Å². The Bertz CT molecular complexity index is 953. The summed E-state index contributed by atoms with van der Waals surface area (Å²) in [5, 5.41) is 9.06. The molecule has 1 aromatic heterocycles. The lowest BCUT2D eigenvalue weighted by Crippen LogP contribution is -2.38. The highest BCUT2D eigenvalue weighted by atomic mass is 127. The average Bonchev–Trinajstić information content (AvgIpc) is 2.72. The lowest BCUT2D eigenvalue weighted by atomic mass is 10.1. The van der Waals surface area contributed by atoms with Crippen LogP contribution in [0.25, 0.3) is 10.8 Å². The van der Waals surface area contributed by atoms with Gasteiger partial charge in [0.25, 0.3) is 0 Å². The predicted molar refractivity (Wildman–Crippen MR) is 131 cm³/mol. The molecule has 5 nitrogen and oxygen atoms in total. The molecular formula is C23H29IN4O. The van der Waals surface area contributed by atoms with E-state index in [2.05, 4.69) is 53.7 Å². The number of benzene rings is 2. The number of nitrogens with one attached hydrogen (secondary N) is 2. The van der Waals surface area contributed by atoms with E-state index in [1.54, 1.807) is 7.11 Å². The van der Waals surface area contributed by atoms with Gasteiger partial charge in [0.1, 0.15) is 5.75 Å². The molecule has 0 amide bonds. The van der Waals surface area contributed by atoms with Gasteiger partial charge < -0.3 is 15.4 Å². The average molecular weight is 504 g/mol. The predicted octanol–water partition coefficient (Wildman–Crippen LogP) is 4.47. The molecule has 0 bridgehead atoms.